The van der Waals surface area contributed by atoms with Gasteiger partial charge in [-0.25, -0.2) is 17.7 Å². The van der Waals surface area contributed by atoms with Gasteiger partial charge in [0.1, 0.15) is 5.82 Å². The third-order valence-electron chi connectivity index (χ3n) is 6.42. The molecule has 6 nitrogen and oxygen atoms in total. The second-order valence-corrected chi connectivity index (χ2v) is 12.3. The van der Waals surface area contributed by atoms with Gasteiger partial charge in [0.15, 0.2) is 0 Å². The molecule has 0 saturated carbocycles. The molecule has 1 saturated heterocycles. The molecule has 0 bridgehead atoms. The quantitative estimate of drug-likeness (QED) is 0.609. The predicted octanol–water partition coefficient (Wildman–Crippen LogP) is 3.99. The van der Waals surface area contributed by atoms with Crippen LogP contribution < -0.4 is 4.31 Å². The molecule has 3 aliphatic rings. The monoisotopic (exact) mass is 520 g/mol. The fourth-order valence-electron chi connectivity index (χ4n) is 4.65. The Kier molecular flexibility index (Phi) is 5.87. The maximum absolute atomic E-state index is 13.4. The summed E-state index contributed by atoms with van der Waals surface area (Å²) in [4.78, 5) is 12.3. The number of thioether (sulfide) groups is 1. The fraction of sp³-hybridized carbons (Fsp3) is 0.455. The molecule has 2 unspecified atom stereocenters. The van der Waals surface area contributed by atoms with Gasteiger partial charge in [-0.1, -0.05) is 18.2 Å². The van der Waals surface area contributed by atoms with Crippen LogP contribution in [-0.2, 0) is 10.0 Å². The second kappa shape index (κ2) is 8.50. The molecule has 2 aromatic rings. The molecule has 0 amide bonds. The highest BCUT2D eigenvalue weighted by atomic mass is 79.9. The van der Waals surface area contributed by atoms with Crippen LogP contribution in [0.15, 0.2) is 57.0 Å². The normalized spacial score (nSPS) is 25.0. The number of fused-ring (bicyclic) bond motifs is 1. The molecule has 0 radical (unpaired) electrons. The molecule has 4 heterocycles. The number of halogens is 1. The van der Waals surface area contributed by atoms with E-state index in [-0.39, 0.29) is 12.0 Å². The molecule has 1 aromatic carbocycles. The molecular formula is C22H25BrN4O2S2. The van der Waals surface area contributed by atoms with Crippen LogP contribution in [0.25, 0.3) is 0 Å². The third-order valence-corrected chi connectivity index (χ3v) is 9.87. The van der Waals surface area contributed by atoms with Crippen molar-refractivity contribution in [1.82, 2.24) is 9.88 Å². The topological polar surface area (TPSA) is 65.9 Å². The summed E-state index contributed by atoms with van der Waals surface area (Å²) in [5.74, 6) is 1.98. The first-order valence-corrected chi connectivity index (χ1v) is 13.8. The number of anilines is 1. The number of rotatable bonds is 4. The van der Waals surface area contributed by atoms with Gasteiger partial charge in [0.05, 0.1) is 16.0 Å². The van der Waals surface area contributed by atoms with Crippen molar-refractivity contribution in [3.05, 3.63) is 52.6 Å². The number of pyridine rings is 1. The van der Waals surface area contributed by atoms with Crippen molar-refractivity contribution in [2.24, 2.45) is 10.9 Å². The van der Waals surface area contributed by atoms with Crippen LogP contribution in [0.1, 0.15) is 24.3 Å². The van der Waals surface area contributed by atoms with Gasteiger partial charge in [0.2, 0.25) is 0 Å². The van der Waals surface area contributed by atoms with Crippen LogP contribution in [0.5, 0.6) is 0 Å². The van der Waals surface area contributed by atoms with Gasteiger partial charge < -0.3 is 4.90 Å². The molecule has 1 fully saturated rings. The molecule has 31 heavy (non-hydrogen) atoms. The molecule has 2 atom stereocenters. The van der Waals surface area contributed by atoms with Crippen LogP contribution in [0, 0.1) is 5.92 Å². The van der Waals surface area contributed by atoms with E-state index in [4.69, 9.17) is 4.99 Å². The van der Waals surface area contributed by atoms with Crippen molar-refractivity contribution in [3.8, 4) is 0 Å². The van der Waals surface area contributed by atoms with Gasteiger partial charge in [0, 0.05) is 40.4 Å². The van der Waals surface area contributed by atoms with E-state index in [1.54, 1.807) is 30.5 Å². The second-order valence-electron chi connectivity index (χ2n) is 8.45. The lowest BCUT2D eigenvalue weighted by molar-refractivity contribution is 0.253. The van der Waals surface area contributed by atoms with E-state index in [9.17, 15) is 8.42 Å². The SMILES string of the molecule is CN1CCC(C2=NC(C3CN(S(=O)(=O)c4ccccc4)c4ncc(Br)cc43)CS2)CC1. The van der Waals surface area contributed by atoms with Crippen molar-refractivity contribution in [3.63, 3.8) is 0 Å². The number of aromatic nitrogens is 1. The minimum atomic E-state index is -3.67. The van der Waals surface area contributed by atoms with Crippen molar-refractivity contribution in [2.45, 2.75) is 29.7 Å². The molecule has 3 aliphatic heterocycles. The first-order valence-electron chi connectivity index (χ1n) is 10.6. The summed E-state index contributed by atoms with van der Waals surface area (Å²) in [5.41, 5.74) is 0.966. The lowest BCUT2D eigenvalue weighted by Crippen LogP contribution is -2.33. The molecule has 1 aromatic heterocycles. The number of hydrogen-bond donors (Lipinski definition) is 0. The number of nitrogens with zero attached hydrogens (tertiary/aromatic N) is 4. The Morgan fingerprint density at radius 3 is 2.65 bits per heavy atom. The highest BCUT2D eigenvalue weighted by Gasteiger charge is 2.43. The summed E-state index contributed by atoms with van der Waals surface area (Å²) >= 11 is 5.38. The third kappa shape index (κ3) is 4.05. The predicted molar refractivity (Wildman–Crippen MR) is 130 cm³/mol. The molecule has 5 rings (SSSR count). The maximum atomic E-state index is 13.4. The average Bonchev–Trinajstić information content (AvgIpc) is 3.40. The van der Waals surface area contributed by atoms with E-state index in [0.717, 1.165) is 41.7 Å². The van der Waals surface area contributed by atoms with E-state index in [0.29, 0.717) is 23.2 Å². The Morgan fingerprint density at radius 2 is 1.90 bits per heavy atom. The number of piperidine rings is 1. The van der Waals surface area contributed by atoms with E-state index in [2.05, 4.69) is 32.9 Å². The van der Waals surface area contributed by atoms with Crippen LogP contribution >= 0.6 is 27.7 Å². The zero-order valence-electron chi connectivity index (χ0n) is 17.3. The fourth-order valence-corrected chi connectivity index (χ4v) is 7.82. The van der Waals surface area contributed by atoms with Gasteiger partial charge in [-0.05, 0) is 67.1 Å². The molecule has 164 valence electrons. The van der Waals surface area contributed by atoms with E-state index in [1.165, 1.54) is 9.35 Å². The Labute approximate surface area is 196 Å². The van der Waals surface area contributed by atoms with E-state index in [1.807, 2.05) is 23.9 Å². The zero-order valence-corrected chi connectivity index (χ0v) is 20.5. The Bertz CT molecular complexity index is 1100. The lowest BCUT2D eigenvalue weighted by Gasteiger charge is -2.28. The van der Waals surface area contributed by atoms with Crippen LogP contribution in [-0.4, -0.2) is 61.8 Å². The van der Waals surface area contributed by atoms with Crippen molar-refractivity contribution in [2.75, 3.05) is 36.7 Å². The standard InChI is InChI=1S/C22H25BrN4O2S2/c1-26-9-7-15(8-10-26)22-25-20(14-30-22)19-13-27(21-18(19)11-16(23)12-24-21)31(28,29)17-5-3-2-4-6-17/h2-6,11-12,15,19-20H,7-10,13-14H2,1H3. The molecule has 0 aliphatic carbocycles. The van der Waals surface area contributed by atoms with Gasteiger partial charge in [-0.2, -0.15) is 0 Å². The number of aliphatic imine (C=N–C) groups is 1. The number of hydrogen-bond acceptors (Lipinski definition) is 6. The number of likely N-dealkylation sites (tertiary alicyclic amines) is 1. The number of benzene rings is 1. The van der Waals surface area contributed by atoms with Crippen molar-refractivity contribution >= 4 is 48.6 Å². The van der Waals surface area contributed by atoms with Gasteiger partial charge in [0.25, 0.3) is 10.0 Å². The molecule has 0 spiro atoms. The summed E-state index contributed by atoms with van der Waals surface area (Å²) in [6.07, 6.45) is 3.97. The molecule has 0 N–H and O–H groups in total. The van der Waals surface area contributed by atoms with E-state index < -0.39 is 10.0 Å². The maximum Gasteiger partial charge on any atom is 0.265 e. The average molecular weight is 522 g/mol. The van der Waals surface area contributed by atoms with Crippen molar-refractivity contribution in [1.29, 1.82) is 0 Å². The lowest BCUT2D eigenvalue weighted by atomic mass is 9.95. The smallest absolute Gasteiger partial charge is 0.265 e. The Balaban J connectivity index is 1.45. The van der Waals surface area contributed by atoms with Gasteiger partial charge >= 0.3 is 0 Å². The summed E-state index contributed by atoms with van der Waals surface area (Å²) in [6.45, 7) is 2.60. The first kappa shape index (κ1) is 21.4. The zero-order chi connectivity index (χ0) is 21.6. The van der Waals surface area contributed by atoms with Crippen LogP contribution in [0.4, 0.5) is 5.82 Å². The van der Waals surface area contributed by atoms with Gasteiger partial charge in [-0.3, -0.25) is 4.99 Å². The minimum absolute atomic E-state index is 0.00903. The van der Waals surface area contributed by atoms with Crippen LogP contribution in [0.3, 0.4) is 0 Å². The summed E-state index contributed by atoms with van der Waals surface area (Å²) < 4.78 is 29.2. The summed E-state index contributed by atoms with van der Waals surface area (Å²) in [5, 5.41) is 1.26. The van der Waals surface area contributed by atoms with Crippen LogP contribution in [0.2, 0.25) is 0 Å². The molecular weight excluding hydrogens is 496 g/mol. The van der Waals surface area contributed by atoms with Crippen molar-refractivity contribution < 1.29 is 8.42 Å². The Morgan fingerprint density at radius 1 is 1.16 bits per heavy atom. The molecule has 9 heteroatoms. The summed E-state index contributed by atoms with van der Waals surface area (Å²) in [6, 6.07) is 10.7. The minimum Gasteiger partial charge on any atom is -0.306 e. The van der Waals surface area contributed by atoms with E-state index >= 15 is 0 Å². The van der Waals surface area contributed by atoms with Gasteiger partial charge in [-0.15, -0.1) is 11.8 Å². The first-order chi connectivity index (χ1) is 14.9. The highest BCUT2D eigenvalue weighted by Crippen LogP contribution is 2.44. The Hall–Kier alpha value is -1.42. The largest absolute Gasteiger partial charge is 0.306 e. The highest BCUT2D eigenvalue weighted by molar-refractivity contribution is 9.10. The number of sulfonamides is 1. The summed E-state index contributed by atoms with van der Waals surface area (Å²) in [7, 11) is -1.50.